The first-order valence-electron chi connectivity index (χ1n) is 26.9. The predicted molar refractivity (Wildman–Crippen MR) is 295 cm³/mol. The van der Waals surface area contributed by atoms with E-state index in [1.54, 1.807) is 29.1 Å². The lowest BCUT2D eigenvalue weighted by Gasteiger charge is -2.44. The molecule has 4 aliphatic rings. The second-order valence-corrected chi connectivity index (χ2v) is 22.8. The van der Waals surface area contributed by atoms with E-state index < -0.39 is 41.4 Å². The standard InChI is InChI=1S/C30H39ClN4O5.C28H35ClN4O5/c1-5-39-25(36)9-7-15-33-28(37)24-19-34(29(38)40-30(2,3)4)16-17-35(24)27-23-13-12-22(31)18-21(23)11-10-20-8-6-14-32-26(20)27;1-28(2,3)38-27(37)32-14-15-33(22(17-32)26(36)31-13-5-7-23(34)35)25-21-11-10-20(29)16-19(21)9-8-18-6-4-12-30-24(18)25/h6,8,12-14,18,24,27H,5,7,9-11,15-17,19H2,1-4H3,(H,33,37);4,6,10-12,16,22,25H,5,7-9,13-15,17H2,1-3H3,(H,31,36)(H,34,35)/t24-,27?;22-,25?/m11/s1. The molecule has 2 aromatic heterocycles. The van der Waals surface area contributed by atoms with Gasteiger partial charge in [0.15, 0.2) is 0 Å². The van der Waals surface area contributed by atoms with Gasteiger partial charge >= 0.3 is 24.1 Å². The van der Waals surface area contributed by atoms with Gasteiger partial charge in [-0.25, -0.2) is 9.59 Å². The Morgan fingerprint density at radius 2 is 1.04 bits per heavy atom. The van der Waals surface area contributed by atoms with Crippen molar-refractivity contribution in [3.05, 3.63) is 128 Å². The molecule has 420 valence electrons. The number of amides is 4. The number of carboxylic acids is 1. The molecule has 78 heavy (non-hydrogen) atoms. The third-order valence-corrected chi connectivity index (χ3v) is 14.4. The molecule has 2 aliphatic heterocycles. The molecule has 0 spiro atoms. The summed E-state index contributed by atoms with van der Waals surface area (Å²) in [4.78, 5) is 93.0. The maximum Gasteiger partial charge on any atom is 0.410 e. The van der Waals surface area contributed by atoms with Crippen molar-refractivity contribution in [3.8, 4) is 0 Å². The van der Waals surface area contributed by atoms with Crippen LogP contribution in [-0.4, -0.2) is 153 Å². The molecule has 2 fully saturated rings. The summed E-state index contributed by atoms with van der Waals surface area (Å²) in [5.41, 5.74) is 7.07. The van der Waals surface area contributed by atoms with Crippen LogP contribution in [0.2, 0.25) is 10.0 Å². The molecule has 3 N–H and O–H groups in total. The minimum Gasteiger partial charge on any atom is -0.481 e. The van der Waals surface area contributed by atoms with Gasteiger partial charge < -0.3 is 39.8 Å². The van der Waals surface area contributed by atoms with Gasteiger partial charge in [0, 0.05) is 87.6 Å². The van der Waals surface area contributed by atoms with Crippen LogP contribution < -0.4 is 10.6 Å². The average molecular weight is 1110 g/mol. The van der Waals surface area contributed by atoms with E-state index in [1.165, 1.54) is 0 Å². The number of carbonyl (C=O) groups excluding carboxylic acids is 5. The lowest BCUT2D eigenvalue weighted by molar-refractivity contribution is -0.143. The minimum absolute atomic E-state index is 0.0350. The van der Waals surface area contributed by atoms with Gasteiger partial charge in [0.1, 0.15) is 23.3 Å². The predicted octanol–water partition coefficient (Wildman–Crippen LogP) is 8.13. The molecule has 2 aliphatic carbocycles. The molecule has 4 amide bonds. The highest BCUT2D eigenvalue weighted by Crippen LogP contribution is 2.41. The van der Waals surface area contributed by atoms with Crippen molar-refractivity contribution in [2.45, 2.75) is 135 Å². The first-order chi connectivity index (χ1) is 37.1. The fourth-order valence-corrected chi connectivity index (χ4v) is 10.9. The van der Waals surface area contributed by atoms with Crippen molar-refractivity contribution in [1.82, 2.24) is 40.2 Å². The Hall–Kier alpha value is -6.34. The van der Waals surface area contributed by atoms with Crippen LogP contribution >= 0.6 is 23.2 Å². The molecule has 20 heteroatoms. The Morgan fingerprint density at radius 1 is 0.615 bits per heavy atom. The van der Waals surface area contributed by atoms with E-state index in [1.807, 2.05) is 90.1 Å². The third-order valence-electron chi connectivity index (χ3n) is 13.9. The van der Waals surface area contributed by atoms with Crippen LogP contribution in [0.25, 0.3) is 0 Å². The Bertz CT molecular complexity index is 2800. The van der Waals surface area contributed by atoms with Crippen LogP contribution in [0, 0.1) is 0 Å². The first-order valence-corrected chi connectivity index (χ1v) is 27.7. The van der Waals surface area contributed by atoms with Gasteiger partial charge in [-0.3, -0.25) is 38.9 Å². The Balaban J connectivity index is 0.000000226. The van der Waals surface area contributed by atoms with E-state index in [0.717, 1.165) is 70.5 Å². The summed E-state index contributed by atoms with van der Waals surface area (Å²) in [5, 5.41) is 16.2. The van der Waals surface area contributed by atoms with E-state index >= 15 is 0 Å². The number of piperazine rings is 2. The molecule has 0 saturated carbocycles. The van der Waals surface area contributed by atoms with Crippen molar-refractivity contribution in [1.29, 1.82) is 0 Å². The van der Waals surface area contributed by atoms with E-state index in [-0.39, 0.29) is 62.3 Å². The molecule has 0 radical (unpaired) electrons. The van der Waals surface area contributed by atoms with Gasteiger partial charge in [-0.1, -0.05) is 47.5 Å². The number of ether oxygens (including phenoxy) is 3. The van der Waals surface area contributed by atoms with Gasteiger partial charge in [-0.05, 0) is 157 Å². The lowest BCUT2D eigenvalue weighted by atomic mass is 9.94. The highest BCUT2D eigenvalue weighted by atomic mass is 35.5. The number of hydrogen-bond acceptors (Lipinski definition) is 13. The number of carbonyl (C=O) groups is 6. The number of aryl methyl sites for hydroxylation is 4. The molecule has 2 aromatic carbocycles. The number of benzene rings is 2. The van der Waals surface area contributed by atoms with E-state index in [4.69, 9.17) is 52.5 Å². The van der Waals surface area contributed by atoms with Crippen molar-refractivity contribution in [2.75, 3.05) is 59.0 Å². The van der Waals surface area contributed by atoms with Crippen LogP contribution in [0.3, 0.4) is 0 Å². The number of hydrogen-bond donors (Lipinski definition) is 3. The molecule has 18 nitrogen and oxygen atoms in total. The average Bonchev–Trinajstić information content (AvgIpc) is 3.75. The van der Waals surface area contributed by atoms with Gasteiger partial charge in [0.05, 0.1) is 30.1 Å². The summed E-state index contributed by atoms with van der Waals surface area (Å²) in [6.45, 7) is 15.5. The summed E-state index contributed by atoms with van der Waals surface area (Å²) >= 11 is 12.7. The largest absolute Gasteiger partial charge is 0.481 e. The normalized spacial score (nSPS) is 19.4. The zero-order valence-corrected chi connectivity index (χ0v) is 47.3. The summed E-state index contributed by atoms with van der Waals surface area (Å²) < 4.78 is 16.2. The number of carboxylic acid groups (broad SMARTS) is 1. The Morgan fingerprint density at radius 3 is 1.45 bits per heavy atom. The Kier molecular flexibility index (Phi) is 20.2. The quantitative estimate of drug-likeness (QED) is 0.0656. The third kappa shape index (κ3) is 15.7. The topological polar surface area (TPSA) is 213 Å². The molecule has 4 aromatic rings. The molecule has 8 rings (SSSR count). The number of nitrogens with zero attached hydrogens (tertiary/aromatic N) is 6. The first kappa shape index (κ1) is 59.3. The number of aliphatic carboxylic acids is 1. The van der Waals surface area contributed by atoms with Crippen molar-refractivity contribution < 1.29 is 48.1 Å². The number of fused-ring (bicyclic) bond motifs is 4. The number of rotatable bonds is 13. The highest BCUT2D eigenvalue weighted by molar-refractivity contribution is 6.31. The summed E-state index contributed by atoms with van der Waals surface area (Å²) in [5.74, 6) is -1.68. The molecule has 2 unspecified atom stereocenters. The molecule has 0 bridgehead atoms. The number of aromatic nitrogens is 2. The van der Waals surface area contributed by atoms with Gasteiger partial charge in [-0.15, -0.1) is 0 Å². The zero-order valence-electron chi connectivity index (χ0n) is 45.8. The van der Waals surface area contributed by atoms with Crippen LogP contribution in [0.5, 0.6) is 0 Å². The molecular formula is C58H74Cl2N8O10. The number of nitrogens with one attached hydrogen (secondary N) is 2. The maximum absolute atomic E-state index is 13.7. The fourth-order valence-electron chi connectivity index (χ4n) is 10.5. The van der Waals surface area contributed by atoms with Crippen LogP contribution in [0.1, 0.15) is 131 Å². The molecular weight excluding hydrogens is 1040 g/mol. The van der Waals surface area contributed by atoms with Crippen molar-refractivity contribution >= 4 is 59.1 Å². The van der Waals surface area contributed by atoms with Gasteiger partial charge in [0.2, 0.25) is 11.8 Å². The van der Waals surface area contributed by atoms with Crippen LogP contribution in [-0.2, 0) is 59.1 Å². The second-order valence-electron chi connectivity index (χ2n) is 21.9. The van der Waals surface area contributed by atoms with Crippen LogP contribution in [0.4, 0.5) is 9.59 Å². The lowest BCUT2D eigenvalue weighted by Crippen LogP contribution is -2.61. The zero-order chi connectivity index (χ0) is 56.3. The number of pyridine rings is 2. The van der Waals surface area contributed by atoms with Crippen molar-refractivity contribution in [3.63, 3.8) is 0 Å². The smallest absolute Gasteiger partial charge is 0.410 e. The maximum atomic E-state index is 13.7. The summed E-state index contributed by atoms with van der Waals surface area (Å²) in [6.07, 6.45) is 6.84. The number of halogens is 2. The number of esters is 1. The Labute approximate surface area is 467 Å². The van der Waals surface area contributed by atoms with Crippen LogP contribution in [0.15, 0.2) is 73.1 Å². The molecule has 2 saturated heterocycles. The summed E-state index contributed by atoms with van der Waals surface area (Å²) in [6, 6.07) is 17.8. The van der Waals surface area contributed by atoms with E-state index in [9.17, 15) is 28.8 Å². The minimum atomic E-state index is -0.911. The monoisotopic (exact) mass is 1110 g/mol. The SMILES string of the molecule is CC(C)(C)OC(=O)N1CCN(C2c3ccc(Cl)cc3CCc3cccnc32)[C@@H](C(=O)NCCCC(=O)O)C1.CCOC(=O)CCCNC(=O)[C@H]1CN(C(=O)OC(C)(C)C)CCN1C1c2ccc(Cl)cc2CCc2cccnc21. The summed E-state index contributed by atoms with van der Waals surface area (Å²) in [7, 11) is 0. The highest BCUT2D eigenvalue weighted by Gasteiger charge is 2.44. The second kappa shape index (κ2) is 26.5. The van der Waals surface area contributed by atoms with E-state index in [2.05, 4.69) is 32.6 Å². The van der Waals surface area contributed by atoms with E-state index in [0.29, 0.717) is 62.2 Å². The van der Waals surface area contributed by atoms with Gasteiger partial charge in [-0.2, -0.15) is 0 Å². The molecule has 4 atom stereocenters. The van der Waals surface area contributed by atoms with Crippen molar-refractivity contribution in [2.24, 2.45) is 0 Å². The van der Waals surface area contributed by atoms with Gasteiger partial charge in [0.25, 0.3) is 0 Å². The molecule has 4 heterocycles. The fraction of sp³-hybridized carbons (Fsp3) is 0.517.